The average molecular weight is 369 g/mol. The number of fused-ring (bicyclic) bond motifs is 1. The lowest BCUT2D eigenvalue weighted by molar-refractivity contribution is 0.0959. The summed E-state index contributed by atoms with van der Waals surface area (Å²) in [4.78, 5) is 27.7. The van der Waals surface area contributed by atoms with Crippen LogP contribution in [0.1, 0.15) is 17.5 Å². The summed E-state index contributed by atoms with van der Waals surface area (Å²) in [6.45, 7) is 2.35. The smallest absolute Gasteiger partial charge is 0.344 e. The molecule has 0 aliphatic heterocycles. The van der Waals surface area contributed by atoms with Crippen LogP contribution in [0.15, 0.2) is 94.1 Å². The Labute approximate surface area is 162 Å². The second-order valence-electron chi connectivity index (χ2n) is 6.39. The number of carbonyl (C=O) groups is 1. The Bertz CT molecular complexity index is 1180. The molecule has 0 spiro atoms. The maximum absolute atomic E-state index is 13.5. The van der Waals surface area contributed by atoms with Crippen molar-refractivity contribution >= 4 is 22.4 Å². The highest BCUT2D eigenvalue weighted by Gasteiger charge is 2.25. The summed E-state index contributed by atoms with van der Waals surface area (Å²) in [5, 5.41) is 1.16. The number of hydrogen-bond donors (Lipinski definition) is 0. The predicted octanol–water partition coefficient (Wildman–Crippen LogP) is 5.13. The van der Waals surface area contributed by atoms with E-state index in [-0.39, 0.29) is 11.7 Å². The third-order valence-electron chi connectivity index (χ3n) is 4.72. The molecule has 1 amide bonds. The van der Waals surface area contributed by atoms with Crippen LogP contribution in [0.2, 0.25) is 0 Å². The van der Waals surface area contributed by atoms with Crippen LogP contribution in [0.25, 0.3) is 21.9 Å². The Balaban J connectivity index is 1.99. The lowest BCUT2D eigenvalue weighted by atomic mass is 9.98. The van der Waals surface area contributed by atoms with Gasteiger partial charge in [0.05, 0.1) is 5.39 Å². The highest BCUT2D eigenvalue weighted by molar-refractivity contribution is 6.12. The van der Waals surface area contributed by atoms with Gasteiger partial charge in [0.15, 0.2) is 0 Å². The van der Waals surface area contributed by atoms with Crippen LogP contribution in [0, 0.1) is 0 Å². The van der Waals surface area contributed by atoms with E-state index < -0.39 is 5.63 Å². The molecule has 3 aromatic carbocycles. The van der Waals surface area contributed by atoms with Gasteiger partial charge in [0.25, 0.3) is 5.91 Å². The molecule has 1 heterocycles. The lowest BCUT2D eigenvalue weighted by Crippen LogP contribution is -2.31. The molecule has 0 aliphatic rings. The molecule has 4 rings (SSSR count). The maximum atomic E-state index is 13.5. The molecule has 1 aromatic heterocycles. The fraction of sp³-hybridized carbons (Fsp3) is 0.0833. The highest BCUT2D eigenvalue weighted by atomic mass is 16.4. The van der Waals surface area contributed by atoms with Gasteiger partial charge >= 0.3 is 5.63 Å². The molecule has 0 unspecified atom stereocenters. The number of hydrogen-bond acceptors (Lipinski definition) is 3. The fourth-order valence-corrected chi connectivity index (χ4v) is 3.42. The van der Waals surface area contributed by atoms with Crippen molar-refractivity contribution < 1.29 is 9.21 Å². The van der Waals surface area contributed by atoms with Gasteiger partial charge in [-0.05, 0) is 30.7 Å². The Morgan fingerprint density at radius 3 is 2.04 bits per heavy atom. The summed E-state index contributed by atoms with van der Waals surface area (Å²) in [7, 11) is 0. The first-order chi connectivity index (χ1) is 13.7. The molecular weight excluding hydrogens is 350 g/mol. The number of anilines is 1. The first-order valence-electron chi connectivity index (χ1n) is 9.19. The second kappa shape index (κ2) is 7.53. The first kappa shape index (κ1) is 17.7. The fourth-order valence-electron chi connectivity index (χ4n) is 3.42. The summed E-state index contributed by atoms with van der Waals surface area (Å²) in [6.07, 6.45) is 0. The number of nitrogens with zero attached hydrogens (tertiary/aromatic N) is 1. The Morgan fingerprint density at radius 2 is 1.39 bits per heavy atom. The topological polar surface area (TPSA) is 50.5 Å². The van der Waals surface area contributed by atoms with Crippen molar-refractivity contribution in [2.24, 2.45) is 0 Å². The van der Waals surface area contributed by atoms with Crippen LogP contribution < -0.4 is 10.5 Å². The SMILES string of the molecule is CCN(C(=O)c1oc(=O)c2ccccc2c1-c1ccccc1)c1ccccc1. The molecule has 0 bridgehead atoms. The Morgan fingerprint density at radius 1 is 0.821 bits per heavy atom. The Hall–Kier alpha value is -3.66. The quantitative estimate of drug-likeness (QED) is 0.501. The van der Waals surface area contributed by atoms with E-state index in [4.69, 9.17) is 4.42 Å². The van der Waals surface area contributed by atoms with E-state index in [1.54, 1.807) is 17.0 Å². The van der Waals surface area contributed by atoms with Crippen molar-refractivity contribution in [3.63, 3.8) is 0 Å². The number of rotatable bonds is 4. The molecule has 0 fully saturated rings. The third-order valence-corrected chi connectivity index (χ3v) is 4.72. The third kappa shape index (κ3) is 3.09. The van der Waals surface area contributed by atoms with Crippen LogP contribution in [-0.4, -0.2) is 12.5 Å². The molecular formula is C24H19NO3. The maximum Gasteiger partial charge on any atom is 0.344 e. The van der Waals surface area contributed by atoms with Gasteiger partial charge in [-0.25, -0.2) is 4.79 Å². The number of para-hydroxylation sites is 1. The first-order valence-corrected chi connectivity index (χ1v) is 9.19. The number of carbonyl (C=O) groups excluding carboxylic acids is 1. The Kier molecular flexibility index (Phi) is 4.77. The molecule has 0 atom stereocenters. The second-order valence-corrected chi connectivity index (χ2v) is 6.39. The van der Waals surface area contributed by atoms with E-state index in [0.29, 0.717) is 22.9 Å². The van der Waals surface area contributed by atoms with Gasteiger partial charge in [-0.2, -0.15) is 0 Å². The predicted molar refractivity (Wildman–Crippen MR) is 112 cm³/mol. The van der Waals surface area contributed by atoms with E-state index >= 15 is 0 Å². The van der Waals surface area contributed by atoms with Gasteiger partial charge in [-0.15, -0.1) is 0 Å². The van der Waals surface area contributed by atoms with Crippen molar-refractivity contribution in [1.82, 2.24) is 0 Å². The molecule has 4 heteroatoms. The number of amides is 1. The molecule has 0 radical (unpaired) electrons. The van der Waals surface area contributed by atoms with Crippen molar-refractivity contribution in [3.05, 3.63) is 101 Å². The minimum absolute atomic E-state index is 0.0561. The van der Waals surface area contributed by atoms with E-state index in [9.17, 15) is 9.59 Å². The zero-order chi connectivity index (χ0) is 19.5. The summed E-state index contributed by atoms with van der Waals surface area (Å²) < 4.78 is 5.60. The van der Waals surface area contributed by atoms with Crippen LogP contribution in [-0.2, 0) is 0 Å². The molecule has 0 saturated heterocycles. The monoisotopic (exact) mass is 369 g/mol. The van der Waals surface area contributed by atoms with Crippen LogP contribution in [0.5, 0.6) is 0 Å². The molecule has 28 heavy (non-hydrogen) atoms. The van der Waals surface area contributed by atoms with Crippen molar-refractivity contribution in [2.75, 3.05) is 11.4 Å². The standard InChI is InChI=1S/C24H19NO3/c1-2-25(18-13-7-4-8-14-18)23(26)22-21(17-11-5-3-6-12-17)19-15-9-10-16-20(19)24(27)28-22/h3-16H,2H2,1H3. The molecule has 0 N–H and O–H groups in total. The van der Waals surface area contributed by atoms with Gasteiger partial charge in [0.1, 0.15) is 0 Å². The normalized spacial score (nSPS) is 10.8. The van der Waals surface area contributed by atoms with Crippen molar-refractivity contribution in [2.45, 2.75) is 6.92 Å². The minimum Gasteiger partial charge on any atom is -0.416 e. The van der Waals surface area contributed by atoms with E-state index in [0.717, 1.165) is 11.3 Å². The minimum atomic E-state index is -0.511. The summed E-state index contributed by atoms with van der Waals surface area (Å²) in [5.41, 5.74) is 1.71. The molecule has 4 aromatic rings. The number of benzene rings is 3. The van der Waals surface area contributed by atoms with E-state index in [1.807, 2.05) is 79.7 Å². The zero-order valence-corrected chi connectivity index (χ0v) is 15.5. The molecule has 4 nitrogen and oxygen atoms in total. The summed E-state index contributed by atoms with van der Waals surface area (Å²) in [6, 6.07) is 26.1. The van der Waals surface area contributed by atoms with Crippen LogP contribution >= 0.6 is 0 Å². The van der Waals surface area contributed by atoms with Crippen LogP contribution in [0.4, 0.5) is 5.69 Å². The van der Waals surface area contributed by atoms with Crippen molar-refractivity contribution in [1.29, 1.82) is 0 Å². The van der Waals surface area contributed by atoms with Gasteiger partial charge < -0.3 is 9.32 Å². The summed E-state index contributed by atoms with van der Waals surface area (Å²) in [5.74, 6) is -0.281. The zero-order valence-electron chi connectivity index (χ0n) is 15.5. The van der Waals surface area contributed by atoms with Crippen molar-refractivity contribution in [3.8, 4) is 11.1 Å². The average Bonchev–Trinajstić information content (AvgIpc) is 2.75. The van der Waals surface area contributed by atoms with Gasteiger partial charge in [-0.3, -0.25) is 4.79 Å². The van der Waals surface area contributed by atoms with Gasteiger partial charge in [-0.1, -0.05) is 66.7 Å². The molecule has 138 valence electrons. The van der Waals surface area contributed by atoms with Gasteiger partial charge in [0.2, 0.25) is 5.76 Å². The van der Waals surface area contributed by atoms with Gasteiger partial charge in [0, 0.05) is 23.2 Å². The summed E-state index contributed by atoms with van der Waals surface area (Å²) >= 11 is 0. The van der Waals surface area contributed by atoms with E-state index in [1.165, 1.54) is 0 Å². The van der Waals surface area contributed by atoms with E-state index in [2.05, 4.69) is 0 Å². The highest BCUT2D eigenvalue weighted by Crippen LogP contribution is 2.32. The largest absolute Gasteiger partial charge is 0.416 e. The molecule has 0 aliphatic carbocycles. The van der Waals surface area contributed by atoms with Crippen LogP contribution in [0.3, 0.4) is 0 Å². The molecule has 0 saturated carbocycles. The lowest BCUT2D eigenvalue weighted by Gasteiger charge is -2.22.